The molecule has 1 atom stereocenters. The normalized spacial score (nSPS) is 20.5. The maximum Gasteiger partial charge on any atom is 0.180 e. The van der Waals surface area contributed by atoms with E-state index in [0.29, 0.717) is 11.1 Å². The van der Waals surface area contributed by atoms with Crippen molar-refractivity contribution >= 4 is 29.0 Å². The van der Waals surface area contributed by atoms with Crippen molar-refractivity contribution in [1.29, 1.82) is 0 Å². The molecule has 3 heterocycles. The summed E-state index contributed by atoms with van der Waals surface area (Å²) >= 11 is 2.05. The summed E-state index contributed by atoms with van der Waals surface area (Å²) in [4.78, 5) is 11.2. The molecule has 2 aromatic heterocycles. The molecule has 1 aliphatic heterocycles. The van der Waals surface area contributed by atoms with Crippen LogP contribution in [0.3, 0.4) is 0 Å². The summed E-state index contributed by atoms with van der Waals surface area (Å²) in [6, 6.07) is 0. The summed E-state index contributed by atoms with van der Waals surface area (Å²) in [6.07, 6.45) is 6.69. The number of rotatable bonds is 2. The third-order valence-electron chi connectivity index (χ3n) is 3.27. The maximum absolute atomic E-state index is 5.87. The van der Waals surface area contributed by atoms with Crippen LogP contribution >= 0.6 is 11.8 Å². The Bertz CT molecular complexity index is 552. The number of nitrogens with two attached hydrogens (primary N) is 1. The molecule has 0 amide bonds. The van der Waals surface area contributed by atoms with Gasteiger partial charge in [-0.05, 0) is 6.42 Å². The van der Waals surface area contributed by atoms with E-state index in [1.807, 2.05) is 28.6 Å². The minimum atomic E-state index is 0.543. The molecular formula is C12H17N5S. The highest BCUT2D eigenvalue weighted by molar-refractivity contribution is 8.00. The van der Waals surface area contributed by atoms with E-state index in [4.69, 9.17) is 5.73 Å². The first-order valence-corrected chi connectivity index (χ1v) is 7.28. The Kier molecular flexibility index (Phi) is 3.03. The van der Waals surface area contributed by atoms with Crippen LogP contribution in [0.4, 0.5) is 11.6 Å². The van der Waals surface area contributed by atoms with Gasteiger partial charge in [0.1, 0.15) is 5.82 Å². The molecular weight excluding hydrogens is 246 g/mol. The summed E-state index contributed by atoms with van der Waals surface area (Å²) in [7, 11) is 0. The standard InChI is InChI=1S/C12H17N5S/c1-2-9-7-17(5-6-18-9)12-11-14-3-4-16(11)8-10(13)15-12/h3-4,8-9H,2,5-7,13H2,1H3. The van der Waals surface area contributed by atoms with Gasteiger partial charge in [0.05, 0.1) is 6.20 Å². The lowest BCUT2D eigenvalue weighted by Crippen LogP contribution is -2.38. The van der Waals surface area contributed by atoms with Gasteiger partial charge in [0.15, 0.2) is 11.5 Å². The largest absolute Gasteiger partial charge is 0.382 e. The first-order chi connectivity index (χ1) is 8.78. The Morgan fingerprint density at radius 1 is 1.56 bits per heavy atom. The monoisotopic (exact) mass is 263 g/mol. The predicted octanol–water partition coefficient (Wildman–Crippen LogP) is 1.64. The van der Waals surface area contributed by atoms with Crippen LogP contribution in [-0.2, 0) is 0 Å². The van der Waals surface area contributed by atoms with Gasteiger partial charge in [-0.15, -0.1) is 0 Å². The molecule has 2 N–H and O–H groups in total. The molecule has 1 aliphatic rings. The Labute approximate surface area is 110 Å². The second kappa shape index (κ2) is 4.68. The van der Waals surface area contributed by atoms with Gasteiger partial charge in [-0.25, -0.2) is 9.97 Å². The van der Waals surface area contributed by atoms with Crippen molar-refractivity contribution in [3.8, 4) is 0 Å². The van der Waals surface area contributed by atoms with E-state index in [1.165, 1.54) is 6.42 Å². The topological polar surface area (TPSA) is 59.5 Å². The molecule has 0 bridgehead atoms. The fourth-order valence-electron chi connectivity index (χ4n) is 2.30. The quantitative estimate of drug-likeness (QED) is 0.892. The number of fused-ring (bicyclic) bond motifs is 1. The molecule has 0 aliphatic carbocycles. The van der Waals surface area contributed by atoms with Crippen LogP contribution in [0.5, 0.6) is 0 Å². The lowest BCUT2D eigenvalue weighted by molar-refractivity contribution is 0.720. The summed E-state index contributed by atoms with van der Waals surface area (Å²) in [5.41, 5.74) is 6.76. The fraction of sp³-hybridized carbons (Fsp3) is 0.500. The van der Waals surface area contributed by atoms with Crippen LogP contribution in [0.1, 0.15) is 13.3 Å². The zero-order valence-corrected chi connectivity index (χ0v) is 11.2. The zero-order chi connectivity index (χ0) is 12.5. The van der Waals surface area contributed by atoms with E-state index >= 15 is 0 Å². The number of hydrogen-bond donors (Lipinski definition) is 1. The van der Waals surface area contributed by atoms with Crippen molar-refractivity contribution < 1.29 is 0 Å². The van der Waals surface area contributed by atoms with Gasteiger partial charge in [-0.1, -0.05) is 6.92 Å². The van der Waals surface area contributed by atoms with Gasteiger partial charge >= 0.3 is 0 Å². The third kappa shape index (κ3) is 2.01. The second-order valence-corrected chi connectivity index (χ2v) is 5.90. The minimum absolute atomic E-state index is 0.543. The van der Waals surface area contributed by atoms with Gasteiger partial charge < -0.3 is 15.0 Å². The molecule has 1 fully saturated rings. The lowest BCUT2D eigenvalue weighted by Gasteiger charge is -2.32. The highest BCUT2D eigenvalue weighted by atomic mass is 32.2. The number of nitrogen functional groups attached to an aromatic ring is 1. The predicted molar refractivity (Wildman–Crippen MR) is 76.1 cm³/mol. The highest BCUT2D eigenvalue weighted by Crippen LogP contribution is 2.27. The smallest absolute Gasteiger partial charge is 0.180 e. The van der Waals surface area contributed by atoms with Gasteiger partial charge in [-0.2, -0.15) is 11.8 Å². The molecule has 2 aromatic rings. The third-order valence-corrected chi connectivity index (χ3v) is 4.64. The van der Waals surface area contributed by atoms with Crippen LogP contribution < -0.4 is 10.6 Å². The van der Waals surface area contributed by atoms with Gasteiger partial charge in [-0.3, -0.25) is 0 Å². The van der Waals surface area contributed by atoms with E-state index < -0.39 is 0 Å². The summed E-state index contributed by atoms with van der Waals surface area (Å²) < 4.78 is 1.94. The van der Waals surface area contributed by atoms with Crippen molar-refractivity contribution in [2.24, 2.45) is 0 Å². The molecule has 5 nitrogen and oxygen atoms in total. The Balaban J connectivity index is 2.00. The van der Waals surface area contributed by atoms with Gasteiger partial charge in [0, 0.05) is 36.5 Å². The molecule has 3 rings (SSSR count). The van der Waals surface area contributed by atoms with E-state index in [0.717, 1.165) is 30.3 Å². The fourth-order valence-corrected chi connectivity index (χ4v) is 3.49. The van der Waals surface area contributed by atoms with Crippen LogP contribution in [0.2, 0.25) is 0 Å². The first kappa shape index (κ1) is 11.6. The number of thioether (sulfide) groups is 1. The molecule has 0 spiro atoms. The summed E-state index contributed by atoms with van der Waals surface area (Å²) in [5.74, 6) is 2.60. The van der Waals surface area contributed by atoms with Crippen LogP contribution in [0, 0.1) is 0 Å². The Morgan fingerprint density at radius 3 is 3.28 bits per heavy atom. The second-order valence-electron chi connectivity index (χ2n) is 4.49. The van der Waals surface area contributed by atoms with Crippen molar-refractivity contribution in [1.82, 2.24) is 14.4 Å². The highest BCUT2D eigenvalue weighted by Gasteiger charge is 2.22. The zero-order valence-electron chi connectivity index (χ0n) is 10.4. The molecule has 1 unspecified atom stereocenters. The molecule has 0 radical (unpaired) electrons. The number of anilines is 2. The molecule has 0 saturated carbocycles. The average Bonchev–Trinajstić information content (AvgIpc) is 2.85. The maximum atomic E-state index is 5.87. The number of nitrogens with zero attached hydrogens (tertiary/aromatic N) is 4. The van der Waals surface area contributed by atoms with Crippen molar-refractivity contribution in [2.75, 3.05) is 29.5 Å². The number of hydrogen-bond acceptors (Lipinski definition) is 5. The van der Waals surface area contributed by atoms with Gasteiger partial charge in [0.2, 0.25) is 0 Å². The molecule has 18 heavy (non-hydrogen) atoms. The molecule has 96 valence electrons. The van der Waals surface area contributed by atoms with Gasteiger partial charge in [0.25, 0.3) is 0 Å². The van der Waals surface area contributed by atoms with Crippen LogP contribution in [0.25, 0.3) is 5.65 Å². The van der Waals surface area contributed by atoms with Crippen molar-refractivity contribution in [2.45, 2.75) is 18.6 Å². The van der Waals surface area contributed by atoms with Crippen LogP contribution in [0.15, 0.2) is 18.6 Å². The van der Waals surface area contributed by atoms with Crippen LogP contribution in [-0.4, -0.2) is 38.5 Å². The minimum Gasteiger partial charge on any atom is -0.382 e. The number of imidazole rings is 1. The number of aromatic nitrogens is 3. The average molecular weight is 263 g/mol. The Morgan fingerprint density at radius 2 is 2.44 bits per heavy atom. The van der Waals surface area contributed by atoms with Crippen molar-refractivity contribution in [3.05, 3.63) is 18.6 Å². The van der Waals surface area contributed by atoms with Crippen molar-refractivity contribution in [3.63, 3.8) is 0 Å². The van der Waals surface area contributed by atoms with E-state index in [1.54, 1.807) is 6.20 Å². The van der Waals surface area contributed by atoms with E-state index in [2.05, 4.69) is 21.8 Å². The molecule has 0 aromatic carbocycles. The SMILES string of the molecule is CCC1CN(c2nc(N)cn3ccnc23)CCS1. The lowest BCUT2D eigenvalue weighted by atomic mass is 10.3. The van der Waals surface area contributed by atoms with E-state index in [-0.39, 0.29) is 0 Å². The summed E-state index contributed by atoms with van der Waals surface area (Å²) in [6.45, 7) is 4.28. The Hall–Kier alpha value is -1.43. The molecule has 1 saturated heterocycles. The first-order valence-electron chi connectivity index (χ1n) is 6.23. The molecule has 6 heteroatoms. The van der Waals surface area contributed by atoms with E-state index in [9.17, 15) is 0 Å². The summed E-state index contributed by atoms with van der Waals surface area (Å²) in [5, 5.41) is 0.678.